The average Bonchev–Trinajstić information content (AvgIpc) is 1.81. The van der Waals surface area contributed by atoms with Crippen LogP contribution in [0.5, 0.6) is 0 Å². The second-order valence-corrected chi connectivity index (χ2v) is 1.74. The molecule has 0 bridgehead atoms. The van der Waals surface area contributed by atoms with Gasteiger partial charge in [0, 0.05) is 6.08 Å². The van der Waals surface area contributed by atoms with E-state index in [1.54, 1.807) is 0 Å². The number of carbonyl (C=O) groups is 2. The summed E-state index contributed by atoms with van der Waals surface area (Å²) in [5.74, 6) is -2.06. The van der Waals surface area contributed by atoms with Crippen molar-refractivity contribution in [1.82, 2.24) is 0 Å². The van der Waals surface area contributed by atoms with Crippen molar-refractivity contribution in [1.29, 1.82) is 0 Å². The topological polar surface area (TPSA) is 127 Å². The Labute approximate surface area is 62.1 Å². The lowest BCUT2D eigenvalue weighted by Crippen LogP contribution is -2.26. The third kappa shape index (κ3) is 3.33. The first kappa shape index (κ1) is 9.60. The average molecular weight is 160 g/mol. The SMILES string of the molecule is NC(=O)/C=C(\C(N)=O)C(O)O. The van der Waals surface area contributed by atoms with Gasteiger partial charge in [0.05, 0.1) is 5.57 Å². The van der Waals surface area contributed by atoms with Crippen molar-refractivity contribution in [2.75, 3.05) is 0 Å². The van der Waals surface area contributed by atoms with E-state index in [0.717, 1.165) is 0 Å². The normalized spacial score (nSPS) is 11.7. The van der Waals surface area contributed by atoms with Crippen molar-refractivity contribution in [2.24, 2.45) is 11.5 Å². The fourth-order valence-electron chi connectivity index (χ4n) is 0.426. The molecule has 0 fully saturated rings. The van der Waals surface area contributed by atoms with E-state index in [1.165, 1.54) is 0 Å². The van der Waals surface area contributed by atoms with Crippen molar-refractivity contribution < 1.29 is 19.8 Å². The standard InChI is InChI=1S/C5H8N2O4/c6-3(8)1-2(4(7)9)5(10)11/h1,5,10-11H,(H2,6,8)(H2,7,9)/b2-1+. The molecule has 62 valence electrons. The zero-order valence-corrected chi connectivity index (χ0v) is 5.52. The minimum absolute atomic E-state index is 0.562. The van der Waals surface area contributed by atoms with Gasteiger partial charge in [-0.05, 0) is 0 Å². The molecule has 0 aliphatic heterocycles. The highest BCUT2D eigenvalue weighted by Crippen LogP contribution is 1.96. The van der Waals surface area contributed by atoms with Crippen LogP contribution in [0.15, 0.2) is 11.6 Å². The zero-order valence-electron chi connectivity index (χ0n) is 5.52. The molecule has 0 rings (SSSR count). The van der Waals surface area contributed by atoms with Crippen LogP contribution >= 0.6 is 0 Å². The van der Waals surface area contributed by atoms with E-state index in [0.29, 0.717) is 6.08 Å². The first-order valence-corrected chi connectivity index (χ1v) is 2.62. The van der Waals surface area contributed by atoms with E-state index in [2.05, 4.69) is 11.5 Å². The Balaban J connectivity index is 4.60. The fraction of sp³-hybridized carbons (Fsp3) is 0.200. The van der Waals surface area contributed by atoms with Crippen LogP contribution in [0.4, 0.5) is 0 Å². The smallest absolute Gasteiger partial charge is 0.249 e. The number of carbonyl (C=O) groups excluding carboxylic acids is 2. The van der Waals surface area contributed by atoms with Crippen molar-refractivity contribution in [3.05, 3.63) is 11.6 Å². The number of hydrogen-bond acceptors (Lipinski definition) is 4. The number of primary amides is 2. The van der Waals surface area contributed by atoms with Gasteiger partial charge in [0.1, 0.15) is 0 Å². The van der Waals surface area contributed by atoms with Crippen molar-refractivity contribution >= 4 is 11.8 Å². The molecule has 0 saturated carbocycles. The van der Waals surface area contributed by atoms with Gasteiger partial charge in [0.2, 0.25) is 11.8 Å². The third-order valence-electron chi connectivity index (χ3n) is 0.860. The van der Waals surface area contributed by atoms with Crippen molar-refractivity contribution in [3.8, 4) is 0 Å². The summed E-state index contributed by atoms with van der Waals surface area (Å²) >= 11 is 0. The molecular weight excluding hydrogens is 152 g/mol. The van der Waals surface area contributed by atoms with Crippen LogP contribution < -0.4 is 11.5 Å². The lowest BCUT2D eigenvalue weighted by atomic mass is 10.2. The summed E-state index contributed by atoms with van der Waals surface area (Å²) < 4.78 is 0. The maximum absolute atomic E-state index is 10.3. The number of nitrogens with two attached hydrogens (primary N) is 2. The highest BCUT2D eigenvalue weighted by atomic mass is 16.5. The van der Waals surface area contributed by atoms with Crippen LogP contribution in [-0.2, 0) is 9.59 Å². The maximum Gasteiger partial charge on any atom is 0.249 e. The van der Waals surface area contributed by atoms with Crippen LogP contribution in [0.2, 0.25) is 0 Å². The summed E-state index contributed by atoms with van der Waals surface area (Å²) in [6.07, 6.45) is -1.51. The quantitative estimate of drug-likeness (QED) is 0.262. The number of amides is 2. The minimum Gasteiger partial charge on any atom is -0.366 e. The highest BCUT2D eigenvalue weighted by Gasteiger charge is 2.13. The Hall–Kier alpha value is -1.40. The van der Waals surface area contributed by atoms with Gasteiger partial charge >= 0.3 is 0 Å². The predicted molar refractivity (Wildman–Crippen MR) is 34.7 cm³/mol. The molecule has 0 aromatic rings. The summed E-state index contributed by atoms with van der Waals surface area (Å²) in [6.45, 7) is 0. The van der Waals surface area contributed by atoms with Gasteiger partial charge in [-0.3, -0.25) is 9.59 Å². The lowest BCUT2D eigenvalue weighted by molar-refractivity contribution is -0.119. The van der Waals surface area contributed by atoms with Gasteiger partial charge in [-0.25, -0.2) is 0 Å². The third-order valence-corrected chi connectivity index (χ3v) is 0.860. The number of hydrogen-bond donors (Lipinski definition) is 4. The molecule has 0 heterocycles. The summed E-state index contributed by atoms with van der Waals surface area (Å²) in [5, 5.41) is 16.8. The summed E-state index contributed by atoms with van der Waals surface area (Å²) in [6, 6.07) is 0. The number of aliphatic hydroxyl groups is 2. The van der Waals surface area contributed by atoms with Crippen LogP contribution in [-0.4, -0.2) is 28.3 Å². The molecule has 0 atom stereocenters. The fourth-order valence-corrected chi connectivity index (χ4v) is 0.426. The van der Waals surface area contributed by atoms with Gasteiger partial charge in [0.15, 0.2) is 6.29 Å². The van der Waals surface area contributed by atoms with E-state index in [1.807, 2.05) is 0 Å². The van der Waals surface area contributed by atoms with Crippen LogP contribution in [0.25, 0.3) is 0 Å². The molecule has 2 amide bonds. The van der Waals surface area contributed by atoms with E-state index in [9.17, 15) is 9.59 Å². The molecule has 11 heavy (non-hydrogen) atoms. The number of rotatable bonds is 3. The number of aliphatic hydroxyl groups excluding tert-OH is 1. The van der Waals surface area contributed by atoms with Gasteiger partial charge in [-0.15, -0.1) is 0 Å². The molecule has 0 aromatic heterocycles. The Kier molecular flexibility index (Phi) is 3.22. The Morgan fingerprint density at radius 1 is 1.27 bits per heavy atom. The summed E-state index contributed by atoms with van der Waals surface area (Å²) in [7, 11) is 0. The highest BCUT2D eigenvalue weighted by molar-refractivity contribution is 6.00. The Bertz CT molecular complexity index is 209. The van der Waals surface area contributed by atoms with Crippen LogP contribution in [0, 0.1) is 0 Å². The van der Waals surface area contributed by atoms with Gasteiger partial charge in [-0.2, -0.15) is 0 Å². The van der Waals surface area contributed by atoms with Gasteiger partial charge < -0.3 is 21.7 Å². The molecule has 0 aliphatic carbocycles. The van der Waals surface area contributed by atoms with Crippen LogP contribution in [0.3, 0.4) is 0 Å². The minimum atomic E-state index is -2.07. The first-order valence-electron chi connectivity index (χ1n) is 2.62. The maximum atomic E-state index is 10.3. The van der Waals surface area contributed by atoms with E-state index >= 15 is 0 Å². The van der Waals surface area contributed by atoms with E-state index in [4.69, 9.17) is 10.2 Å². The van der Waals surface area contributed by atoms with E-state index in [-0.39, 0.29) is 0 Å². The van der Waals surface area contributed by atoms with Gasteiger partial charge in [-0.1, -0.05) is 0 Å². The molecular formula is C5H8N2O4. The molecule has 0 aromatic carbocycles. The lowest BCUT2D eigenvalue weighted by Gasteiger charge is -2.02. The molecule has 0 spiro atoms. The molecule has 0 aliphatic rings. The van der Waals surface area contributed by atoms with Crippen molar-refractivity contribution in [2.45, 2.75) is 6.29 Å². The van der Waals surface area contributed by atoms with E-state index < -0.39 is 23.7 Å². The molecule has 6 N–H and O–H groups in total. The van der Waals surface area contributed by atoms with Crippen LogP contribution in [0.1, 0.15) is 0 Å². The first-order chi connectivity index (χ1) is 4.95. The summed E-state index contributed by atoms with van der Waals surface area (Å²) in [5.41, 5.74) is 8.65. The Morgan fingerprint density at radius 3 is 1.82 bits per heavy atom. The van der Waals surface area contributed by atoms with Crippen molar-refractivity contribution in [3.63, 3.8) is 0 Å². The predicted octanol–water partition coefficient (Wildman–Crippen LogP) is -2.81. The second-order valence-electron chi connectivity index (χ2n) is 1.74. The molecule has 0 radical (unpaired) electrons. The molecule has 6 nitrogen and oxygen atoms in total. The van der Waals surface area contributed by atoms with Gasteiger partial charge in [0.25, 0.3) is 0 Å². The zero-order chi connectivity index (χ0) is 9.02. The Morgan fingerprint density at radius 2 is 1.73 bits per heavy atom. The largest absolute Gasteiger partial charge is 0.366 e. The molecule has 6 heteroatoms. The molecule has 0 saturated heterocycles. The summed E-state index contributed by atoms with van der Waals surface area (Å²) in [4.78, 5) is 20.4. The second kappa shape index (κ2) is 3.69. The monoisotopic (exact) mass is 160 g/mol. The molecule has 0 unspecified atom stereocenters.